The molecule has 0 radical (unpaired) electrons. The van der Waals surface area contributed by atoms with E-state index < -0.39 is 0 Å². The van der Waals surface area contributed by atoms with E-state index in [4.69, 9.17) is 4.74 Å². The van der Waals surface area contributed by atoms with Crippen molar-refractivity contribution in [1.29, 1.82) is 0 Å². The molecule has 0 bridgehead atoms. The lowest BCUT2D eigenvalue weighted by Crippen LogP contribution is -2.40. The molecule has 2 atom stereocenters. The van der Waals surface area contributed by atoms with Gasteiger partial charge >= 0.3 is 0 Å². The van der Waals surface area contributed by atoms with Crippen molar-refractivity contribution in [2.45, 2.75) is 39.3 Å². The second-order valence-electron chi connectivity index (χ2n) is 3.45. The topological polar surface area (TPSA) is 32.7 Å². The minimum atomic E-state index is -0.209. The van der Waals surface area contributed by atoms with Crippen molar-refractivity contribution in [3.8, 4) is 0 Å². The number of aliphatic hydroxyl groups is 1. The number of hydrogen-bond acceptors (Lipinski definition) is 3. The molecule has 0 fully saturated rings. The Hall–Kier alpha value is -0.120. The van der Waals surface area contributed by atoms with Gasteiger partial charge in [-0.05, 0) is 19.9 Å². The number of likely N-dealkylation sites (N-methyl/N-ethyl adjacent to an activating group) is 1. The van der Waals surface area contributed by atoms with Gasteiger partial charge in [0.1, 0.15) is 0 Å². The molecule has 0 amide bonds. The lowest BCUT2D eigenvalue weighted by Gasteiger charge is -2.28. The predicted molar refractivity (Wildman–Crippen MR) is 54.9 cm³/mol. The van der Waals surface area contributed by atoms with E-state index in [1.54, 1.807) is 7.11 Å². The maximum absolute atomic E-state index is 9.49. The van der Waals surface area contributed by atoms with Crippen LogP contribution >= 0.6 is 0 Å². The van der Waals surface area contributed by atoms with Gasteiger partial charge in [-0.25, -0.2) is 0 Å². The Morgan fingerprint density at radius 1 is 1.38 bits per heavy atom. The minimum absolute atomic E-state index is 0.209. The van der Waals surface area contributed by atoms with Crippen LogP contribution in [-0.4, -0.2) is 49.0 Å². The first-order valence-corrected chi connectivity index (χ1v) is 5.06. The van der Waals surface area contributed by atoms with Gasteiger partial charge in [0, 0.05) is 19.7 Å². The summed E-state index contributed by atoms with van der Waals surface area (Å²) in [6, 6.07) is 0.385. The largest absolute Gasteiger partial charge is 0.392 e. The Labute approximate surface area is 81.7 Å². The first-order chi connectivity index (χ1) is 6.15. The van der Waals surface area contributed by atoms with Gasteiger partial charge in [0.15, 0.2) is 0 Å². The van der Waals surface area contributed by atoms with Gasteiger partial charge in [-0.15, -0.1) is 0 Å². The molecule has 0 aliphatic carbocycles. The van der Waals surface area contributed by atoms with Crippen LogP contribution in [0.3, 0.4) is 0 Å². The Morgan fingerprint density at radius 2 is 2.00 bits per heavy atom. The predicted octanol–water partition coefficient (Wildman–Crippen LogP) is 1.11. The van der Waals surface area contributed by atoms with E-state index in [0.29, 0.717) is 6.04 Å². The van der Waals surface area contributed by atoms with Gasteiger partial charge < -0.3 is 9.84 Å². The van der Waals surface area contributed by atoms with Crippen molar-refractivity contribution in [2.24, 2.45) is 0 Å². The molecule has 13 heavy (non-hydrogen) atoms. The van der Waals surface area contributed by atoms with E-state index in [-0.39, 0.29) is 6.10 Å². The van der Waals surface area contributed by atoms with Crippen LogP contribution in [0.15, 0.2) is 0 Å². The molecule has 3 heteroatoms. The molecule has 3 nitrogen and oxygen atoms in total. The smallest absolute Gasteiger partial charge is 0.0664 e. The van der Waals surface area contributed by atoms with E-state index in [1.807, 2.05) is 6.92 Å². The molecule has 0 aromatic heterocycles. The van der Waals surface area contributed by atoms with Crippen LogP contribution in [0.5, 0.6) is 0 Å². The first kappa shape index (κ1) is 12.9. The molecule has 0 saturated heterocycles. The average Bonchev–Trinajstić information content (AvgIpc) is 2.14. The summed E-state index contributed by atoms with van der Waals surface area (Å²) in [4.78, 5) is 2.23. The van der Waals surface area contributed by atoms with Gasteiger partial charge in [-0.2, -0.15) is 0 Å². The molecule has 0 aliphatic heterocycles. The Morgan fingerprint density at radius 3 is 2.38 bits per heavy atom. The third-order valence-corrected chi connectivity index (χ3v) is 2.35. The summed E-state index contributed by atoms with van der Waals surface area (Å²) in [6.07, 6.45) is 0.607. The van der Waals surface area contributed by atoms with E-state index in [1.165, 1.54) is 0 Å². The summed E-state index contributed by atoms with van der Waals surface area (Å²) in [5, 5.41) is 9.49. The van der Waals surface area contributed by atoms with E-state index in [9.17, 15) is 5.11 Å². The van der Waals surface area contributed by atoms with Crippen LogP contribution in [0.2, 0.25) is 0 Å². The highest BCUT2D eigenvalue weighted by Gasteiger charge is 2.14. The third-order valence-electron chi connectivity index (χ3n) is 2.35. The van der Waals surface area contributed by atoms with Crippen LogP contribution in [0.1, 0.15) is 27.2 Å². The van der Waals surface area contributed by atoms with Gasteiger partial charge in [-0.3, -0.25) is 4.90 Å². The van der Waals surface area contributed by atoms with Crippen LogP contribution in [0, 0.1) is 0 Å². The lowest BCUT2D eigenvalue weighted by atomic mass is 10.2. The highest BCUT2D eigenvalue weighted by Crippen LogP contribution is 2.02. The first-order valence-electron chi connectivity index (χ1n) is 5.06. The van der Waals surface area contributed by atoms with Crippen molar-refractivity contribution in [2.75, 3.05) is 26.8 Å². The normalized spacial score (nSPS) is 16.2. The van der Waals surface area contributed by atoms with Crippen LogP contribution < -0.4 is 0 Å². The van der Waals surface area contributed by atoms with Crippen molar-refractivity contribution < 1.29 is 9.84 Å². The molecule has 0 saturated carbocycles. The highest BCUT2D eigenvalue weighted by molar-refractivity contribution is 4.68. The maximum Gasteiger partial charge on any atom is 0.0664 e. The number of methoxy groups -OCH3 is 1. The van der Waals surface area contributed by atoms with Crippen molar-refractivity contribution in [3.05, 3.63) is 0 Å². The SMILES string of the molecule is CCC(O)CN(CC)C(C)COC. The fourth-order valence-electron chi connectivity index (χ4n) is 1.37. The second kappa shape index (κ2) is 7.30. The van der Waals surface area contributed by atoms with Crippen LogP contribution in [-0.2, 0) is 4.74 Å². The monoisotopic (exact) mass is 189 g/mol. The quantitative estimate of drug-likeness (QED) is 0.651. The van der Waals surface area contributed by atoms with Crippen molar-refractivity contribution in [1.82, 2.24) is 4.90 Å². The number of rotatable bonds is 7. The van der Waals surface area contributed by atoms with Gasteiger partial charge in [0.25, 0.3) is 0 Å². The molecule has 1 N–H and O–H groups in total. The number of hydrogen-bond donors (Lipinski definition) is 1. The van der Waals surface area contributed by atoms with Crippen molar-refractivity contribution >= 4 is 0 Å². The average molecular weight is 189 g/mol. The summed E-state index contributed by atoms with van der Waals surface area (Å²) >= 11 is 0. The summed E-state index contributed by atoms with van der Waals surface area (Å²) in [5.41, 5.74) is 0. The number of nitrogens with zero attached hydrogens (tertiary/aromatic N) is 1. The Balaban J connectivity index is 3.86. The van der Waals surface area contributed by atoms with E-state index in [0.717, 1.165) is 26.1 Å². The minimum Gasteiger partial charge on any atom is -0.392 e. The third kappa shape index (κ3) is 5.24. The lowest BCUT2D eigenvalue weighted by molar-refractivity contribution is 0.0571. The molecule has 0 heterocycles. The number of aliphatic hydroxyl groups excluding tert-OH is 1. The second-order valence-corrected chi connectivity index (χ2v) is 3.45. The molecule has 0 aliphatic rings. The van der Waals surface area contributed by atoms with Gasteiger partial charge in [0.2, 0.25) is 0 Å². The molecule has 0 spiro atoms. The summed E-state index contributed by atoms with van der Waals surface area (Å²) in [5.74, 6) is 0. The maximum atomic E-state index is 9.49. The van der Waals surface area contributed by atoms with Crippen molar-refractivity contribution in [3.63, 3.8) is 0 Å². The fraction of sp³-hybridized carbons (Fsp3) is 1.00. The zero-order valence-electron chi connectivity index (χ0n) is 9.29. The number of ether oxygens (including phenoxy) is 1. The summed E-state index contributed by atoms with van der Waals surface area (Å²) < 4.78 is 5.08. The van der Waals surface area contributed by atoms with Crippen LogP contribution in [0.25, 0.3) is 0 Å². The molecular formula is C10H23NO2. The molecule has 0 aromatic rings. The Kier molecular flexibility index (Phi) is 7.23. The zero-order chi connectivity index (χ0) is 10.3. The Bertz CT molecular complexity index is 119. The fourth-order valence-corrected chi connectivity index (χ4v) is 1.37. The zero-order valence-corrected chi connectivity index (χ0v) is 9.29. The van der Waals surface area contributed by atoms with Gasteiger partial charge in [0.05, 0.1) is 12.7 Å². The standard InChI is InChI=1S/C10H23NO2/c1-5-10(12)7-11(6-2)9(3)8-13-4/h9-10,12H,5-8H2,1-4H3. The van der Waals surface area contributed by atoms with E-state index >= 15 is 0 Å². The van der Waals surface area contributed by atoms with Gasteiger partial charge in [-0.1, -0.05) is 13.8 Å². The molecule has 0 rings (SSSR count). The molecular weight excluding hydrogens is 166 g/mol. The molecule has 80 valence electrons. The summed E-state index contributed by atoms with van der Waals surface area (Å²) in [7, 11) is 1.71. The van der Waals surface area contributed by atoms with E-state index in [2.05, 4.69) is 18.7 Å². The molecule has 0 aromatic carbocycles. The van der Waals surface area contributed by atoms with Crippen LogP contribution in [0.4, 0.5) is 0 Å². The highest BCUT2D eigenvalue weighted by atomic mass is 16.5. The summed E-state index contributed by atoms with van der Waals surface area (Å²) in [6.45, 7) is 8.66. The molecule has 2 unspecified atom stereocenters.